The number of nitrogens with zero attached hydrogens (tertiary/aromatic N) is 2. The van der Waals surface area contributed by atoms with Crippen molar-refractivity contribution in [3.05, 3.63) is 35.9 Å². The van der Waals surface area contributed by atoms with Crippen molar-refractivity contribution in [1.82, 2.24) is 9.80 Å². The fraction of sp³-hybridized carbons (Fsp3) is 0.556. The third-order valence-electron chi connectivity index (χ3n) is 4.86. The lowest BCUT2D eigenvalue weighted by Gasteiger charge is -2.44. The first-order chi connectivity index (χ1) is 11.6. The molecule has 2 heterocycles. The van der Waals surface area contributed by atoms with Crippen molar-refractivity contribution in [2.45, 2.75) is 37.1 Å². The molecule has 0 aromatic heterocycles. The van der Waals surface area contributed by atoms with Crippen LogP contribution in [0.1, 0.15) is 31.2 Å². The molecular formula is C18H23ClN2O2S. The van der Waals surface area contributed by atoms with Crippen molar-refractivity contribution in [1.29, 1.82) is 0 Å². The fourth-order valence-corrected chi connectivity index (χ4v) is 4.95. The van der Waals surface area contributed by atoms with Crippen LogP contribution in [0.2, 0.25) is 0 Å². The second-order valence-corrected chi connectivity index (χ2v) is 8.09. The standard InChI is InChI=1S/C18H23ClN2O2S/c19-10-4-7-16(22)20-11-8-18(9-12-20)21(17(23)14-24-18)13-15-5-2-1-3-6-15/h1-3,5-6H,4,7-14H2. The number of amides is 2. The maximum atomic E-state index is 12.4. The number of hydrogen-bond acceptors (Lipinski definition) is 3. The third-order valence-corrected chi connectivity index (χ3v) is 6.69. The number of carbonyl (C=O) groups excluding carboxylic acids is 2. The van der Waals surface area contributed by atoms with Gasteiger partial charge in [0.1, 0.15) is 0 Å². The van der Waals surface area contributed by atoms with Gasteiger partial charge in [0.25, 0.3) is 0 Å². The third kappa shape index (κ3) is 3.72. The first kappa shape index (κ1) is 17.6. The van der Waals surface area contributed by atoms with Gasteiger partial charge in [0.05, 0.1) is 10.6 Å². The van der Waals surface area contributed by atoms with Crippen molar-refractivity contribution in [3.8, 4) is 0 Å². The van der Waals surface area contributed by atoms with Gasteiger partial charge in [0, 0.05) is 31.9 Å². The fourth-order valence-electron chi connectivity index (χ4n) is 3.47. The number of alkyl halides is 1. The van der Waals surface area contributed by atoms with E-state index in [1.54, 1.807) is 11.8 Å². The zero-order chi connectivity index (χ0) is 17.0. The van der Waals surface area contributed by atoms with E-state index >= 15 is 0 Å². The van der Waals surface area contributed by atoms with Crippen LogP contribution in [-0.2, 0) is 16.1 Å². The number of halogens is 1. The highest BCUT2D eigenvalue weighted by Crippen LogP contribution is 2.45. The van der Waals surface area contributed by atoms with E-state index in [1.807, 2.05) is 28.0 Å². The molecule has 2 saturated heterocycles. The van der Waals surface area contributed by atoms with Crippen molar-refractivity contribution in [3.63, 3.8) is 0 Å². The summed E-state index contributed by atoms with van der Waals surface area (Å²) in [4.78, 5) is 28.4. The molecule has 0 aliphatic carbocycles. The molecule has 3 rings (SSSR count). The minimum atomic E-state index is -0.143. The Morgan fingerprint density at radius 2 is 1.92 bits per heavy atom. The average Bonchev–Trinajstić information content (AvgIpc) is 2.91. The lowest BCUT2D eigenvalue weighted by molar-refractivity contribution is -0.135. The predicted molar refractivity (Wildman–Crippen MR) is 97.9 cm³/mol. The summed E-state index contributed by atoms with van der Waals surface area (Å²) >= 11 is 7.43. The highest BCUT2D eigenvalue weighted by Gasteiger charge is 2.48. The molecular weight excluding hydrogens is 344 g/mol. The quantitative estimate of drug-likeness (QED) is 0.752. The molecule has 0 saturated carbocycles. The van der Waals surface area contributed by atoms with Gasteiger partial charge in [0.2, 0.25) is 11.8 Å². The van der Waals surface area contributed by atoms with Gasteiger partial charge in [-0.1, -0.05) is 30.3 Å². The molecule has 2 amide bonds. The van der Waals surface area contributed by atoms with Crippen LogP contribution in [-0.4, -0.2) is 51.2 Å². The Hall–Kier alpha value is -1.20. The maximum Gasteiger partial charge on any atom is 0.234 e. The molecule has 0 atom stereocenters. The first-order valence-electron chi connectivity index (χ1n) is 8.47. The molecule has 0 radical (unpaired) electrons. The number of hydrogen-bond donors (Lipinski definition) is 0. The lowest BCUT2D eigenvalue weighted by atomic mass is 10.0. The number of rotatable bonds is 5. The Morgan fingerprint density at radius 3 is 2.58 bits per heavy atom. The highest BCUT2D eigenvalue weighted by atomic mass is 35.5. The van der Waals surface area contributed by atoms with E-state index < -0.39 is 0 Å². The first-order valence-corrected chi connectivity index (χ1v) is 9.99. The Bertz CT molecular complexity index is 588. The van der Waals surface area contributed by atoms with Crippen LogP contribution in [0.25, 0.3) is 0 Å². The summed E-state index contributed by atoms with van der Waals surface area (Å²) < 4.78 is 0. The van der Waals surface area contributed by atoms with Gasteiger partial charge in [-0.15, -0.1) is 23.4 Å². The number of thioether (sulfide) groups is 1. The van der Waals surface area contributed by atoms with Gasteiger partial charge >= 0.3 is 0 Å². The summed E-state index contributed by atoms with van der Waals surface area (Å²) in [6.07, 6.45) is 2.96. The van der Waals surface area contributed by atoms with Gasteiger partial charge in [-0.25, -0.2) is 0 Å². The van der Waals surface area contributed by atoms with Crippen molar-refractivity contribution < 1.29 is 9.59 Å². The minimum Gasteiger partial charge on any atom is -0.342 e. The van der Waals surface area contributed by atoms with Gasteiger partial charge in [-0.2, -0.15) is 0 Å². The zero-order valence-corrected chi connectivity index (χ0v) is 15.3. The Balaban J connectivity index is 1.65. The molecule has 1 aromatic carbocycles. The normalized spacial score (nSPS) is 20.0. The smallest absolute Gasteiger partial charge is 0.234 e. The van der Waals surface area contributed by atoms with Crippen molar-refractivity contribution >= 4 is 35.2 Å². The summed E-state index contributed by atoms with van der Waals surface area (Å²) in [7, 11) is 0. The lowest BCUT2D eigenvalue weighted by Crippen LogP contribution is -2.52. The van der Waals surface area contributed by atoms with Gasteiger partial charge in [0.15, 0.2) is 0 Å². The topological polar surface area (TPSA) is 40.6 Å². The van der Waals surface area contributed by atoms with Crippen LogP contribution < -0.4 is 0 Å². The van der Waals surface area contributed by atoms with E-state index in [9.17, 15) is 9.59 Å². The number of benzene rings is 1. The molecule has 0 bridgehead atoms. The Labute approximate surface area is 152 Å². The van der Waals surface area contributed by atoms with Crippen LogP contribution in [0, 0.1) is 0 Å². The molecule has 1 aromatic rings. The van der Waals surface area contributed by atoms with Crippen LogP contribution in [0.5, 0.6) is 0 Å². The second kappa shape index (κ2) is 7.79. The van der Waals surface area contributed by atoms with Gasteiger partial charge in [-0.3, -0.25) is 9.59 Å². The number of carbonyl (C=O) groups is 2. The van der Waals surface area contributed by atoms with Crippen molar-refractivity contribution in [2.24, 2.45) is 0 Å². The highest BCUT2D eigenvalue weighted by molar-refractivity contribution is 8.01. The van der Waals surface area contributed by atoms with E-state index in [4.69, 9.17) is 11.6 Å². The minimum absolute atomic E-state index is 0.143. The predicted octanol–water partition coefficient (Wildman–Crippen LogP) is 3.10. The molecule has 2 aliphatic rings. The molecule has 0 unspecified atom stereocenters. The monoisotopic (exact) mass is 366 g/mol. The van der Waals surface area contributed by atoms with E-state index in [0.29, 0.717) is 24.6 Å². The molecule has 2 fully saturated rings. The zero-order valence-electron chi connectivity index (χ0n) is 13.7. The summed E-state index contributed by atoms with van der Waals surface area (Å²) in [6, 6.07) is 10.1. The molecule has 2 aliphatic heterocycles. The molecule has 130 valence electrons. The summed E-state index contributed by atoms with van der Waals surface area (Å²) in [5.74, 6) is 1.48. The molecule has 24 heavy (non-hydrogen) atoms. The largest absolute Gasteiger partial charge is 0.342 e. The summed E-state index contributed by atoms with van der Waals surface area (Å²) in [6.45, 7) is 2.12. The maximum absolute atomic E-state index is 12.4. The van der Waals surface area contributed by atoms with Gasteiger partial charge in [-0.05, 0) is 24.8 Å². The van der Waals surface area contributed by atoms with E-state index in [0.717, 1.165) is 37.9 Å². The average molecular weight is 367 g/mol. The van der Waals surface area contributed by atoms with E-state index in [2.05, 4.69) is 12.1 Å². The molecule has 1 spiro atoms. The van der Waals surface area contributed by atoms with E-state index in [1.165, 1.54) is 0 Å². The molecule has 6 heteroatoms. The summed E-state index contributed by atoms with van der Waals surface area (Å²) in [5.41, 5.74) is 1.16. The Morgan fingerprint density at radius 1 is 1.21 bits per heavy atom. The second-order valence-electron chi connectivity index (χ2n) is 6.37. The van der Waals surface area contributed by atoms with Crippen LogP contribution >= 0.6 is 23.4 Å². The number of likely N-dealkylation sites (tertiary alicyclic amines) is 1. The van der Waals surface area contributed by atoms with Gasteiger partial charge < -0.3 is 9.80 Å². The molecule has 4 nitrogen and oxygen atoms in total. The van der Waals surface area contributed by atoms with E-state index in [-0.39, 0.29) is 16.7 Å². The SMILES string of the molecule is O=C(CCCCl)N1CCC2(CC1)SCC(=O)N2Cc1ccccc1. The summed E-state index contributed by atoms with van der Waals surface area (Å²) in [5, 5.41) is 0. The number of piperidine rings is 1. The van der Waals surface area contributed by atoms with Crippen LogP contribution in [0.15, 0.2) is 30.3 Å². The Kier molecular flexibility index (Phi) is 5.72. The van der Waals surface area contributed by atoms with Crippen LogP contribution in [0.3, 0.4) is 0 Å². The molecule has 0 N–H and O–H groups in total. The van der Waals surface area contributed by atoms with Crippen LogP contribution in [0.4, 0.5) is 0 Å². The van der Waals surface area contributed by atoms with Crippen molar-refractivity contribution in [2.75, 3.05) is 24.7 Å².